The predicted molar refractivity (Wildman–Crippen MR) is 120 cm³/mol. The Labute approximate surface area is 177 Å². The van der Waals surface area contributed by atoms with Crippen LogP contribution in [0.25, 0.3) is 0 Å². The standard InChI is InChI=1S/C22H28ClN5O/c1-2-24-22(26-12-11-17-3-7-19(23)8-4-17)27-15-18-5-9-20(10-6-18)28-14-13-25-21(29)16-28/h3-10H,2,11-16H2,1H3,(H,25,29)(H2,24,26,27). The monoisotopic (exact) mass is 413 g/mol. The van der Waals surface area contributed by atoms with Crippen molar-refractivity contribution in [2.75, 3.05) is 37.6 Å². The molecule has 1 fully saturated rings. The van der Waals surface area contributed by atoms with Gasteiger partial charge in [-0.05, 0) is 48.7 Å². The maximum absolute atomic E-state index is 11.6. The molecule has 0 saturated carbocycles. The highest BCUT2D eigenvalue weighted by molar-refractivity contribution is 6.30. The van der Waals surface area contributed by atoms with Gasteiger partial charge >= 0.3 is 0 Å². The Bertz CT molecular complexity index is 820. The van der Waals surface area contributed by atoms with E-state index in [0.29, 0.717) is 19.6 Å². The van der Waals surface area contributed by atoms with Gasteiger partial charge in [0.2, 0.25) is 5.91 Å². The van der Waals surface area contributed by atoms with Crippen LogP contribution in [0.5, 0.6) is 0 Å². The highest BCUT2D eigenvalue weighted by Crippen LogP contribution is 2.16. The number of halogens is 1. The number of guanidine groups is 1. The summed E-state index contributed by atoms with van der Waals surface area (Å²) in [4.78, 5) is 18.3. The fourth-order valence-electron chi connectivity index (χ4n) is 3.16. The van der Waals surface area contributed by atoms with E-state index < -0.39 is 0 Å². The number of nitrogens with zero attached hydrogens (tertiary/aromatic N) is 2. The molecule has 0 aliphatic carbocycles. The maximum Gasteiger partial charge on any atom is 0.239 e. The quantitative estimate of drug-likeness (QED) is 0.482. The van der Waals surface area contributed by atoms with E-state index in [0.717, 1.165) is 48.3 Å². The first-order valence-electron chi connectivity index (χ1n) is 10.0. The van der Waals surface area contributed by atoms with Gasteiger partial charge in [-0.3, -0.25) is 4.79 Å². The molecular formula is C22H28ClN5O. The lowest BCUT2D eigenvalue weighted by Crippen LogP contribution is -2.47. The van der Waals surface area contributed by atoms with E-state index in [9.17, 15) is 4.79 Å². The van der Waals surface area contributed by atoms with Crippen LogP contribution in [0.2, 0.25) is 5.02 Å². The topological polar surface area (TPSA) is 68.8 Å². The molecule has 0 spiro atoms. The number of benzene rings is 2. The molecule has 29 heavy (non-hydrogen) atoms. The molecule has 1 saturated heterocycles. The Morgan fingerprint density at radius 2 is 1.83 bits per heavy atom. The molecule has 0 bridgehead atoms. The Hall–Kier alpha value is -2.73. The fraction of sp³-hybridized carbons (Fsp3) is 0.364. The minimum atomic E-state index is 0.0740. The number of hydrogen-bond acceptors (Lipinski definition) is 3. The van der Waals surface area contributed by atoms with Crippen LogP contribution < -0.4 is 20.9 Å². The normalized spacial score (nSPS) is 14.5. The highest BCUT2D eigenvalue weighted by atomic mass is 35.5. The van der Waals surface area contributed by atoms with Crippen molar-refractivity contribution in [3.8, 4) is 0 Å². The summed E-state index contributed by atoms with van der Waals surface area (Å²) >= 11 is 5.93. The molecule has 3 N–H and O–H groups in total. The first-order chi connectivity index (χ1) is 14.1. The molecule has 0 unspecified atom stereocenters. The largest absolute Gasteiger partial charge is 0.360 e. The van der Waals surface area contributed by atoms with Gasteiger partial charge < -0.3 is 20.9 Å². The second kappa shape index (κ2) is 10.7. The zero-order chi connectivity index (χ0) is 20.5. The number of carbonyl (C=O) groups excluding carboxylic acids is 1. The van der Waals surface area contributed by atoms with Crippen molar-refractivity contribution in [3.05, 3.63) is 64.7 Å². The summed E-state index contributed by atoms with van der Waals surface area (Å²) in [7, 11) is 0. The Morgan fingerprint density at radius 1 is 1.10 bits per heavy atom. The van der Waals surface area contributed by atoms with Crippen molar-refractivity contribution in [3.63, 3.8) is 0 Å². The van der Waals surface area contributed by atoms with Crippen molar-refractivity contribution in [2.45, 2.75) is 19.9 Å². The molecule has 154 valence electrons. The third-order valence-electron chi connectivity index (χ3n) is 4.72. The van der Waals surface area contributed by atoms with Gasteiger partial charge in [-0.1, -0.05) is 35.9 Å². The van der Waals surface area contributed by atoms with Gasteiger partial charge in [-0.25, -0.2) is 4.99 Å². The Kier molecular flexibility index (Phi) is 7.76. The second-order valence-electron chi connectivity index (χ2n) is 6.94. The van der Waals surface area contributed by atoms with Crippen molar-refractivity contribution < 1.29 is 4.79 Å². The number of nitrogens with one attached hydrogen (secondary N) is 3. The van der Waals surface area contributed by atoms with Crippen LogP contribution >= 0.6 is 11.6 Å². The van der Waals surface area contributed by atoms with E-state index in [1.807, 2.05) is 24.3 Å². The van der Waals surface area contributed by atoms with Gasteiger partial charge in [-0.2, -0.15) is 0 Å². The first-order valence-corrected chi connectivity index (χ1v) is 10.4. The Balaban J connectivity index is 1.52. The lowest BCUT2D eigenvalue weighted by Gasteiger charge is -2.28. The zero-order valence-electron chi connectivity index (χ0n) is 16.7. The number of piperazine rings is 1. The number of rotatable bonds is 7. The average Bonchev–Trinajstić information content (AvgIpc) is 2.74. The molecule has 1 heterocycles. The van der Waals surface area contributed by atoms with Crippen LogP contribution in [0, 0.1) is 0 Å². The van der Waals surface area contributed by atoms with Crippen molar-refractivity contribution in [1.82, 2.24) is 16.0 Å². The van der Waals surface area contributed by atoms with Crippen LogP contribution in [0.4, 0.5) is 5.69 Å². The third-order valence-corrected chi connectivity index (χ3v) is 4.98. The smallest absolute Gasteiger partial charge is 0.239 e. The molecule has 2 aromatic rings. The molecule has 1 aliphatic rings. The van der Waals surface area contributed by atoms with Crippen LogP contribution in [-0.2, 0) is 17.8 Å². The lowest BCUT2D eigenvalue weighted by molar-refractivity contribution is -0.120. The number of anilines is 1. The summed E-state index contributed by atoms with van der Waals surface area (Å²) in [5, 5.41) is 10.3. The van der Waals surface area contributed by atoms with Gasteiger partial charge in [0.05, 0.1) is 13.1 Å². The molecule has 3 rings (SSSR count). The summed E-state index contributed by atoms with van der Waals surface area (Å²) in [5.41, 5.74) is 3.44. The van der Waals surface area contributed by atoms with E-state index in [-0.39, 0.29) is 5.91 Å². The number of aliphatic imine (C=N–C) groups is 1. The summed E-state index contributed by atoms with van der Waals surface area (Å²) < 4.78 is 0. The molecule has 2 aromatic carbocycles. The van der Waals surface area contributed by atoms with E-state index in [2.05, 4.69) is 57.0 Å². The van der Waals surface area contributed by atoms with Crippen LogP contribution in [-0.4, -0.2) is 44.6 Å². The van der Waals surface area contributed by atoms with Crippen molar-refractivity contribution in [2.24, 2.45) is 4.99 Å². The molecule has 0 aromatic heterocycles. The second-order valence-corrected chi connectivity index (χ2v) is 7.37. The summed E-state index contributed by atoms with van der Waals surface area (Å²) in [5.74, 6) is 0.878. The number of hydrogen-bond donors (Lipinski definition) is 3. The molecule has 7 heteroatoms. The number of carbonyl (C=O) groups is 1. The summed E-state index contributed by atoms with van der Waals surface area (Å²) in [6.45, 7) is 6.20. The van der Waals surface area contributed by atoms with Gasteiger partial charge in [0.1, 0.15) is 0 Å². The highest BCUT2D eigenvalue weighted by Gasteiger charge is 2.16. The molecule has 0 atom stereocenters. The van der Waals surface area contributed by atoms with Crippen LogP contribution in [0.1, 0.15) is 18.1 Å². The van der Waals surface area contributed by atoms with Gasteiger partial charge in [-0.15, -0.1) is 0 Å². The molecule has 6 nitrogen and oxygen atoms in total. The van der Waals surface area contributed by atoms with Gasteiger partial charge in [0.15, 0.2) is 5.96 Å². The van der Waals surface area contributed by atoms with Crippen LogP contribution in [0.3, 0.4) is 0 Å². The Morgan fingerprint density at radius 3 is 2.52 bits per heavy atom. The number of amides is 1. The van der Waals surface area contributed by atoms with Crippen molar-refractivity contribution in [1.29, 1.82) is 0 Å². The van der Waals surface area contributed by atoms with Crippen molar-refractivity contribution >= 4 is 29.2 Å². The first kappa shape index (κ1) is 21.0. The lowest BCUT2D eigenvalue weighted by atomic mass is 10.1. The minimum absolute atomic E-state index is 0.0740. The minimum Gasteiger partial charge on any atom is -0.360 e. The van der Waals surface area contributed by atoms with Gasteiger partial charge in [0.25, 0.3) is 0 Å². The zero-order valence-corrected chi connectivity index (χ0v) is 17.5. The van der Waals surface area contributed by atoms with Crippen LogP contribution in [0.15, 0.2) is 53.5 Å². The van der Waals surface area contributed by atoms with E-state index in [1.54, 1.807) is 0 Å². The SMILES string of the molecule is CCNC(=NCc1ccc(N2CCNC(=O)C2)cc1)NCCc1ccc(Cl)cc1. The fourth-order valence-corrected chi connectivity index (χ4v) is 3.29. The summed E-state index contributed by atoms with van der Waals surface area (Å²) in [6.07, 6.45) is 0.902. The van der Waals surface area contributed by atoms with Gasteiger partial charge in [0, 0.05) is 36.9 Å². The average molecular weight is 414 g/mol. The molecule has 1 amide bonds. The summed E-state index contributed by atoms with van der Waals surface area (Å²) in [6, 6.07) is 16.2. The van der Waals surface area contributed by atoms with E-state index >= 15 is 0 Å². The maximum atomic E-state index is 11.6. The predicted octanol–water partition coefficient (Wildman–Crippen LogP) is 2.57. The third kappa shape index (κ3) is 6.68. The van der Waals surface area contributed by atoms with E-state index in [1.165, 1.54) is 5.56 Å². The molecule has 0 radical (unpaired) electrons. The van der Waals surface area contributed by atoms with E-state index in [4.69, 9.17) is 11.6 Å². The molecule has 1 aliphatic heterocycles. The molecular weight excluding hydrogens is 386 g/mol.